The lowest BCUT2D eigenvalue weighted by Crippen LogP contribution is -2.43. The van der Waals surface area contributed by atoms with Gasteiger partial charge in [0.05, 0.1) is 11.5 Å². The maximum absolute atomic E-state index is 13.0. The van der Waals surface area contributed by atoms with Crippen molar-refractivity contribution in [2.45, 2.75) is 57.3 Å². The molecule has 0 aliphatic carbocycles. The van der Waals surface area contributed by atoms with E-state index in [0.29, 0.717) is 5.95 Å². The summed E-state index contributed by atoms with van der Waals surface area (Å²) in [4.78, 5) is 47.5. The number of halogens is 3. The third-order valence-electron chi connectivity index (χ3n) is 5.98. The Morgan fingerprint density at radius 3 is 2.65 bits per heavy atom. The SMILES string of the molecule is CC[C@@H]1CCCCN1c1nc2c(c(=O)[nH]1)[C@@H](C(=O)Nc1ccc(OC(F)(F)F)cc1)CC(=O)N2. The number of carbonyl (C=O) groups is 2. The summed E-state index contributed by atoms with van der Waals surface area (Å²) >= 11 is 0. The maximum Gasteiger partial charge on any atom is 0.573 e. The molecule has 3 N–H and O–H groups in total. The van der Waals surface area contributed by atoms with Crippen LogP contribution in [0, 0.1) is 0 Å². The van der Waals surface area contributed by atoms with Crippen molar-refractivity contribution >= 4 is 29.3 Å². The van der Waals surface area contributed by atoms with Crippen LogP contribution in [0.1, 0.15) is 50.5 Å². The summed E-state index contributed by atoms with van der Waals surface area (Å²) in [7, 11) is 0. The molecule has 9 nitrogen and oxygen atoms in total. The van der Waals surface area contributed by atoms with Crippen LogP contribution in [0.4, 0.5) is 30.6 Å². The van der Waals surface area contributed by atoms with Gasteiger partial charge in [-0.3, -0.25) is 19.4 Å². The van der Waals surface area contributed by atoms with Crippen LogP contribution in [-0.4, -0.2) is 40.7 Å². The normalized spacial score (nSPS) is 20.4. The van der Waals surface area contributed by atoms with Crippen molar-refractivity contribution in [1.29, 1.82) is 0 Å². The van der Waals surface area contributed by atoms with Crippen molar-refractivity contribution in [2.75, 3.05) is 22.1 Å². The molecule has 12 heteroatoms. The third kappa shape index (κ3) is 5.15. The monoisotopic (exact) mass is 479 g/mol. The molecule has 1 aromatic carbocycles. The third-order valence-corrected chi connectivity index (χ3v) is 5.98. The minimum atomic E-state index is -4.83. The lowest BCUT2D eigenvalue weighted by Gasteiger charge is -2.36. The topological polar surface area (TPSA) is 116 Å². The van der Waals surface area contributed by atoms with Gasteiger partial charge < -0.3 is 20.3 Å². The highest BCUT2D eigenvalue weighted by atomic mass is 19.4. The number of nitrogens with one attached hydrogen (secondary N) is 3. The second kappa shape index (κ2) is 9.35. The predicted molar refractivity (Wildman–Crippen MR) is 118 cm³/mol. The van der Waals surface area contributed by atoms with E-state index in [-0.39, 0.29) is 29.5 Å². The van der Waals surface area contributed by atoms with Gasteiger partial charge in [-0.05, 0) is 49.9 Å². The molecular weight excluding hydrogens is 455 g/mol. The Morgan fingerprint density at radius 1 is 1.24 bits per heavy atom. The molecule has 1 aromatic heterocycles. The molecule has 2 aliphatic rings. The largest absolute Gasteiger partial charge is 0.573 e. The minimum absolute atomic E-state index is 0.0444. The molecule has 182 valence electrons. The first kappa shape index (κ1) is 23.6. The van der Waals surface area contributed by atoms with Gasteiger partial charge in [0.2, 0.25) is 17.8 Å². The Kier molecular flexibility index (Phi) is 6.49. The molecule has 34 heavy (non-hydrogen) atoms. The Balaban J connectivity index is 1.57. The van der Waals surface area contributed by atoms with E-state index in [1.165, 1.54) is 12.1 Å². The summed E-state index contributed by atoms with van der Waals surface area (Å²) in [5.74, 6) is -2.25. The van der Waals surface area contributed by atoms with Gasteiger partial charge in [-0.1, -0.05) is 6.92 Å². The van der Waals surface area contributed by atoms with Crippen LogP contribution in [0.2, 0.25) is 0 Å². The van der Waals surface area contributed by atoms with Gasteiger partial charge in [-0.2, -0.15) is 4.98 Å². The molecule has 0 bridgehead atoms. The Hall–Kier alpha value is -3.57. The fraction of sp³-hybridized carbons (Fsp3) is 0.455. The summed E-state index contributed by atoms with van der Waals surface area (Å²) in [6.45, 7) is 2.79. The number of rotatable bonds is 5. The summed E-state index contributed by atoms with van der Waals surface area (Å²) in [5.41, 5.74) is -0.287. The molecule has 2 atom stereocenters. The van der Waals surface area contributed by atoms with Gasteiger partial charge in [0, 0.05) is 24.7 Å². The van der Waals surface area contributed by atoms with Crippen molar-refractivity contribution in [3.8, 4) is 5.75 Å². The number of benzene rings is 1. The summed E-state index contributed by atoms with van der Waals surface area (Å²) in [6, 6.07) is 4.78. The zero-order chi connectivity index (χ0) is 24.5. The van der Waals surface area contributed by atoms with Crippen molar-refractivity contribution in [2.24, 2.45) is 0 Å². The highest BCUT2D eigenvalue weighted by molar-refractivity contribution is 6.04. The van der Waals surface area contributed by atoms with Gasteiger partial charge in [-0.25, -0.2) is 0 Å². The quantitative estimate of drug-likeness (QED) is 0.605. The van der Waals surface area contributed by atoms with E-state index in [2.05, 4.69) is 32.3 Å². The molecule has 0 saturated carbocycles. The zero-order valence-corrected chi connectivity index (χ0v) is 18.4. The maximum atomic E-state index is 13.0. The number of piperidine rings is 1. The van der Waals surface area contributed by atoms with Crippen LogP contribution in [0.5, 0.6) is 5.75 Å². The number of nitrogens with zero attached hydrogens (tertiary/aromatic N) is 2. The highest BCUT2D eigenvalue weighted by Gasteiger charge is 2.36. The Bertz CT molecular complexity index is 1130. The number of aromatic amines is 1. The van der Waals surface area contributed by atoms with E-state index in [9.17, 15) is 27.6 Å². The molecule has 4 rings (SSSR count). The van der Waals surface area contributed by atoms with Crippen LogP contribution in [-0.2, 0) is 9.59 Å². The van der Waals surface area contributed by atoms with Crippen LogP contribution in [0.25, 0.3) is 0 Å². The molecule has 0 radical (unpaired) electrons. The zero-order valence-electron chi connectivity index (χ0n) is 18.4. The second-order valence-electron chi connectivity index (χ2n) is 8.27. The smallest absolute Gasteiger partial charge is 0.406 e. The molecule has 1 saturated heterocycles. The van der Waals surface area contributed by atoms with Crippen molar-refractivity contribution in [3.63, 3.8) is 0 Å². The number of hydrogen-bond acceptors (Lipinski definition) is 6. The molecule has 1 fully saturated rings. The van der Waals surface area contributed by atoms with Gasteiger partial charge in [0.1, 0.15) is 11.6 Å². The standard InChI is InChI=1S/C22H24F3N5O4/c1-2-13-5-3-4-10-30(13)21-28-18-17(20(33)29-21)15(11-16(31)27-18)19(32)26-12-6-8-14(9-7-12)34-22(23,24)25/h6-9,13,15H,2-5,10-11H2,1H3,(H,26,32)(H2,27,28,29,31,33)/t13-,15+/m1/s1. The molecule has 2 amide bonds. The summed E-state index contributed by atoms with van der Waals surface area (Å²) in [6.07, 6.45) is -1.19. The summed E-state index contributed by atoms with van der Waals surface area (Å²) in [5, 5.41) is 5.13. The van der Waals surface area contributed by atoms with Crippen LogP contribution < -0.4 is 25.8 Å². The fourth-order valence-electron chi connectivity index (χ4n) is 4.39. The first-order chi connectivity index (χ1) is 16.1. The lowest BCUT2D eigenvalue weighted by atomic mass is 9.92. The van der Waals surface area contributed by atoms with E-state index < -0.39 is 35.4 Å². The number of fused-ring (bicyclic) bond motifs is 1. The number of ether oxygens (including phenoxy) is 1. The average Bonchev–Trinajstić information content (AvgIpc) is 2.78. The van der Waals surface area contributed by atoms with Crippen LogP contribution in [0.3, 0.4) is 0 Å². The number of hydrogen-bond donors (Lipinski definition) is 3. The molecule has 2 aliphatic heterocycles. The van der Waals surface area contributed by atoms with E-state index in [1.54, 1.807) is 0 Å². The molecule has 3 heterocycles. The van der Waals surface area contributed by atoms with E-state index in [1.807, 2.05) is 4.90 Å². The van der Waals surface area contributed by atoms with E-state index >= 15 is 0 Å². The average molecular weight is 479 g/mol. The number of carbonyl (C=O) groups excluding carboxylic acids is 2. The molecule has 2 aromatic rings. The fourth-order valence-corrected chi connectivity index (χ4v) is 4.39. The molecular formula is C22H24F3N5O4. The minimum Gasteiger partial charge on any atom is -0.406 e. The highest BCUT2D eigenvalue weighted by Crippen LogP contribution is 2.32. The van der Waals surface area contributed by atoms with Crippen LogP contribution in [0.15, 0.2) is 29.1 Å². The van der Waals surface area contributed by atoms with Gasteiger partial charge in [-0.15, -0.1) is 13.2 Å². The predicted octanol–water partition coefficient (Wildman–Crippen LogP) is 3.50. The van der Waals surface area contributed by atoms with E-state index in [0.717, 1.165) is 44.4 Å². The van der Waals surface area contributed by atoms with Gasteiger partial charge in [0.15, 0.2) is 0 Å². The van der Waals surface area contributed by atoms with Crippen molar-refractivity contribution < 1.29 is 27.5 Å². The van der Waals surface area contributed by atoms with Gasteiger partial charge >= 0.3 is 6.36 Å². The number of aromatic nitrogens is 2. The number of H-pyrrole nitrogens is 1. The Morgan fingerprint density at radius 2 is 1.97 bits per heavy atom. The summed E-state index contributed by atoms with van der Waals surface area (Å²) < 4.78 is 40.8. The number of alkyl halides is 3. The lowest BCUT2D eigenvalue weighted by molar-refractivity contribution is -0.274. The van der Waals surface area contributed by atoms with Crippen molar-refractivity contribution in [1.82, 2.24) is 9.97 Å². The first-order valence-electron chi connectivity index (χ1n) is 11.0. The number of amides is 2. The van der Waals surface area contributed by atoms with Gasteiger partial charge in [0.25, 0.3) is 5.56 Å². The molecule has 0 unspecified atom stereocenters. The second-order valence-corrected chi connectivity index (χ2v) is 8.27. The van der Waals surface area contributed by atoms with Crippen molar-refractivity contribution in [3.05, 3.63) is 40.2 Å². The first-order valence-corrected chi connectivity index (χ1v) is 11.0. The van der Waals surface area contributed by atoms with E-state index in [4.69, 9.17) is 0 Å². The molecule has 0 spiro atoms. The van der Waals surface area contributed by atoms with Crippen LogP contribution >= 0.6 is 0 Å². The number of anilines is 3. The Labute approximate surface area is 192 Å².